The molecule has 0 atom stereocenters. The van der Waals surface area contributed by atoms with Crippen LogP contribution in [0.4, 0.5) is 0 Å². The average Bonchev–Trinajstić information content (AvgIpc) is 3.13. The van der Waals surface area contributed by atoms with Gasteiger partial charge in [0.05, 0.1) is 29.2 Å². The minimum atomic E-state index is -3.47. The highest BCUT2D eigenvalue weighted by Gasteiger charge is 2.17. The second kappa shape index (κ2) is 8.47. The van der Waals surface area contributed by atoms with Gasteiger partial charge in [0.15, 0.2) is 0 Å². The van der Waals surface area contributed by atoms with Crippen molar-refractivity contribution in [2.24, 2.45) is 0 Å². The number of rotatable bonds is 8. The molecule has 0 fully saturated rings. The molecule has 27 heavy (non-hydrogen) atoms. The Bertz CT molecular complexity index is 981. The standard InChI is InChI=1S/C20H23N3O3S/c1-3-26-14-13-23-15-22-19(16-7-5-4-6-8-16)20(23)17-9-11-18(12-10-17)27(24,25)21-2/h4-12,15,21H,3,13-14H2,1-2H3. The van der Waals surface area contributed by atoms with Crippen molar-refractivity contribution < 1.29 is 13.2 Å². The van der Waals surface area contributed by atoms with Gasteiger partial charge in [-0.05, 0) is 26.1 Å². The summed E-state index contributed by atoms with van der Waals surface area (Å²) >= 11 is 0. The molecule has 142 valence electrons. The predicted octanol–water partition coefficient (Wildman–Crippen LogP) is 3.16. The Labute approximate surface area is 159 Å². The van der Waals surface area contributed by atoms with Crippen molar-refractivity contribution in [2.75, 3.05) is 20.3 Å². The van der Waals surface area contributed by atoms with E-state index in [0.717, 1.165) is 22.5 Å². The Morgan fingerprint density at radius 3 is 2.37 bits per heavy atom. The van der Waals surface area contributed by atoms with Crippen LogP contribution in [0, 0.1) is 0 Å². The van der Waals surface area contributed by atoms with Gasteiger partial charge in [0.2, 0.25) is 10.0 Å². The van der Waals surface area contributed by atoms with E-state index in [9.17, 15) is 8.42 Å². The van der Waals surface area contributed by atoms with E-state index >= 15 is 0 Å². The molecule has 0 aliphatic carbocycles. The number of nitrogens with one attached hydrogen (secondary N) is 1. The summed E-state index contributed by atoms with van der Waals surface area (Å²) in [6.07, 6.45) is 1.80. The number of ether oxygens (including phenoxy) is 1. The molecule has 6 nitrogen and oxygen atoms in total. The van der Waals surface area contributed by atoms with Crippen molar-refractivity contribution in [1.82, 2.24) is 14.3 Å². The fourth-order valence-electron chi connectivity index (χ4n) is 2.88. The van der Waals surface area contributed by atoms with Crippen molar-refractivity contribution in [3.63, 3.8) is 0 Å². The monoisotopic (exact) mass is 385 g/mol. The molecule has 7 heteroatoms. The van der Waals surface area contributed by atoms with Gasteiger partial charge in [0.1, 0.15) is 0 Å². The maximum atomic E-state index is 12.0. The smallest absolute Gasteiger partial charge is 0.240 e. The minimum absolute atomic E-state index is 0.232. The van der Waals surface area contributed by atoms with Gasteiger partial charge in [0.25, 0.3) is 0 Å². The molecule has 0 aliphatic rings. The molecule has 1 aromatic heterocycles. The second-order valence-electron chi connectivity index (χ2n) is 5.93. The van der Waals surface area contributed by atoms with Crippen LogP contribution in [0.25, 0.3) is 22.5 Å². The van der Waals surface area contributed by atoms with E-state index in [1.807, 2.05) is 54.0 Å². The lowest BCUT2D eigenvalue weighted by molar-refractivity contribution is 0.139. The van der Waals surface area contributed by atoms with Gasteiger partial charge >= 0.3 is 0 Å². The van der Waals surface area contributed by atoms with Gasteiger partial charge in [-0.25, -0.2) is 18.1 Å². The number of aromatic nitrogens is 2. The SMILES string of the molecule is CCOCCn1cnc(-c2ccccc2)c1-c1ccc(S(=O)(=O)NC)cc1. The van der Waals surface area contributed by atoms with E-state index in [-0.39, 0.29) is 4.90 Å². The van der Waals surface area contributed by atoms with Crippen LogP contribution in [0.15, 0.2) is 65.8 Å². The van der Waals surface area contributed by atoms with Crippen molar-refractivity contribution in [3.8, 4) is 22.5 Å². The molecule has 3 aromatic rings. The summed E-state index contributed by atoms with van der Waals surface area (Å²) in [5.41, 5.74) is 3.71. The summed E-state index contributed by atoms with van der Waals surface area (Å²) in [5.74, 6) is 0. The molecule has 3 rings (SSSR count). The predicted molar refractivity (Wildman–Crippen MR) is 106 cm³/mol. The maximum absolute atomic E-state index is 12.0. The van der Waals surface area contributed by atoms with Gasteiger partial charge in [-0.3, -0.25) is 0 Å². The van der Waals surface area contributed by atoms with Crippen molar-refractivity contribution in [3.05, 3.63) is 60.9 Å². The van der Waals surface area contributed by atoms with Gasteiger partial charge in [-0.2, -0.15) is 0 Å². The number of hydrogen-bond acceptors (Lipinski definition) is 4. The van der Waals surface area contributed by atoms with Gasteiger partial charge in [-0.15, -0.1) is 0 Å². The molecule has 0 saturated carbocycles. The first-order chi connectivity index (χ1) is 13.1. The number of hydrogen-bond donors (Lipinski definition) is 1. The van der Waals surface area contributed by atoms with E-state index in [4.69, 9.17) is 4.74 Å². The summed E-state index contributed by atoms with van der Waals surface area (Å²) in [5, 5.41) is 0. The maximum Gasteiger partial charge on any atom is 0.240 e. The number of imidazole rings is 1. The van der Waals surface area contributed by atoms with Crippen LogP contribution >= 0.6 is 0 Å². The zero-order valence-corrected chi connectivity index (χ0v) is 16.2. The quantitative estimate of drug-likeness (QED) is 0.605. The van der Waals surface area contributed by atoms with Crippen LogP contribution in [0.3, 0.4) is 0 Å². The Kier molecular flexibility index (Phi) is 6.05. The Balaban J connectivity index is 2.05. The second-order valence-corrected chi connectivity index (χ2v) is 7.82. The highest BCUT2D eigenvalue weighted by atomic mass is 32.2. The number of nitrogens with zero attached hydrogens (tertiary/aromatic N) is 2. The summed E-state index contributed by atoms with van der Waals surface area (Å²) in [4.78, 5) is 4.84. The van der Waals surface area contributed by atoms with Gasteiger partial charge in [0, 0.05) is 24.3 Å². The first kappa shape index (κ1) is 19.3. The van der Waals surface area contributed by atoms with Gasteiger partial charge in [-0.1, -0.05) is 42.5 Å². The lowest BCUT2D eigenvalue weighted by Crippen LogP contribution is -2.18. The molecular formula is C20H23N3O3S. The van der Waals surface area contributed by atoms with Crippen LogP contribution in [-0.4, -0.2) is 38.2 Å². The van der Waals surface area contributed by atoms with Gasteiger partial charge < -0.3 is 9.30 Å². The van der Waals surface area contributed by atoms with E-state index in [2.05, 4.69) is 9.71 Å². The van der Waals surface area contributed by atoms with E-state index in [1.165, 1.54) is 7.05 Å². The van der Waals surface area contributed by atoms with E-state index < -0.39 is 10.0 Å². The normalized spacial score (nSPS) is 11.6. The van der Waals surface area contributed by atoms with Crippen LogP contribution in [0.2, 0.25) is 0 Å². The minimum Gasteiger partial charge on any atom is -0.380 e. The molecule has 1 heterocycles. The molecule has 0 unspecified atom stereocenters. The summed E-state index contributed by atoms with van der Waals surface area (Å²) in [6.45, 7) is 3.87. The fourth-order valence-corrected chi connectivity index (χ4v) is 3.61. The lowest BCUT2D eigenvalue weighted by atomic mass is 10.0. The van der Waals surface area contributed by atoms with Crippen LogP contribution in [0.1, 0.15) is 6.92 Å². The fraction of sp³-hybridized carbons (Fsp3) is 0.250. The Hall–Kier alpha value is -2.48. The third kappa shape index (κ3) is 4.27. The largest absolute Gasteiger partial charge is 0.380 e. The highest BCUT2D eigenvalue weighted by molar-refractivity contribution is 7.89. The average molecular weight is 385 g/mol. The molecule has 0 spiro atoms. The van der Waals surface area contributed by atoms with Crippen molar-refractivity contribution in [2.45, 2.75) is 18.4 Å². The molecule has 0 saturated heterocycles. The molecule has 0 radical (unpaired) electrons. The van der Waals surface area contributed by atoms with Crippen LogP contribution in [0.5, 0.6) is 0 Å². The third-order valence-electron chi connectivity index (χ3n) is 4.27. The van der Waals surface area contributed by atoms with Crippen molar-refractivity contribution >= 4 is 10.0 Å². The van der Waals surface area contributed by atoms with Crippen LogP contribution in [-0.2, 0) is 21.3 Å². The molecular weight excluding hydrogens is 362 g/mol. The third-order valence-corrected chi connectivity index (χ3v) is 5.70. The van der Waals surface area contributed by atoms with E-state index in [1.54, 1.807) is 18.5 Å². The number of benzene rings is 2. The summed E-state index contributed by atoms with van der Waals surface area (Å²) in [6, 6.07) is 16.8. The first-order valence-corrected chi connectivity index (χ1v) is 10.3. The van der Waals surface area contributed by atoms with Crippen molar-refractivity contribution in [1.29, 1.82) is 0 Å². The zero-order chi connectivity index (χ0) is 19.3. The molecule has 1 N–H and O–H groups in total. The molecule has 2 aromatic carbocycles. The Morgan fingerprint density at radius 2 is 1.74 bits per heavy atom. The molecule has 0 amide bonds. The summed E-state index contributed by atoms with van der Waals surface area (Å²) < 4.78 is 33.8. The molecule has 0 aliphatic heterocycles. The Morgan fingerprint density at radius 1 is 1.04 bits per heavy atom. The first-order valence-electron chi connectivity index (χ1n) is 8.79. The highest BCUT2D eigenvalue weighted by Crippen LogP contribution is 2.31. The van der Waals surface area contributed by atoms with E-state index in [0.29, 0.717) is 19.8 Å². The number of sulfonamides is 1. The lowest BCUT2D eigenvalue weighted by Gasteiger charge is -2.12. The van der Waals surface area contributed by atoms with Crippen LogP contribution < -0.4 is 4.72 Å². The topological polar surface area (TPSA) is 73.2 Å². The zero-order valence-electron chi connectivity index (χ0n) is 15.4. The molecule has 0 bridgehead atoms. The summed E-state index contributed by atoms with van der Waals surface area (Å²) in [7, 11) is -2.06.